The molecule has 1 aromatic heterocycles. The van der Waals surface area contributed by atoms with E-state index in [1.165, 1.54) is 4.90 Å². The van der Waals surface area contributed by atoms with Crippen LogP contribution >= 0.6 is 12.2 Å². The topological polar surface area (TPSA) is 45.5 Å². The first-order valence-electron chi connectivity index (χ1n) is 6.55. The van der Waals surface area contributed by atoms with Crippen LogP contribution in [0.4, 0.5) is 5.69 Å². The fraction of sp³-hybridized carbons (Fsp3) is 0.125. The molecule has 1 aliphatic heterocycles. The molecule has 5 heteroatoms. The normalized spacial score (nSPS) is 16.7. The summed E-state index contributed by atoms with van der Waals surface area (Å²) in [6.07, 6.45) is 1.67. The van der Waals surface area contributed by atoms with Gasteiger partial charge in [0.1, 0.15) is 17.2 Å². The zero-order valence-corrected chi connectivity index (χ0v) is 12.5. The van der Waals surface area contributed by atoms with Crippen LogP contribution in [0.2, 0.25) is 0 Å². The number of furan rings is 1. The van der Waals surface area contributed by atoms with Crippen LogP contribution in [0, 0.1) is 13.8 Å². The van der Waals surface area contributed by atoms with Gasteiger partial charge in [0.15, 0.2) is 5.11 Å². The number of anilines is 1. The van der Waals surface area contributed by atoms with Gasteiger partial charge in [0.25, 0.3) is 5.91 Å². The molecule has 1 aromatic carbocycles. The summed E-state index contributed by atoms with van der Waals surface area (Å²) in [5.74, 6) is 1.24. The zero-order chi connectivity index (χ0) is 15.0. The minimum absolute atomic E-state index is 0.177. The SMILES string of the molecule is Cc1ccc(/C=C2/NC(=S)N(c3ccccc3C)C2=O)o1. The highest BCUT2D eigenvalue weighted by Gasteiger charge is 2.32. The van der Waals surface area contributed by atoms with Gasteiger partial charge in [-0.1, -0.05) is 18.2 Å². The summed E-state index contributed by atoms with van der Waals surface area (Å²) in [6.45, 7) is 3.80. The fourth-order valence-electron chi connectivity index (χ4n) is 2.24. The Labute approximate surface area is 128 Å². The molecule has 4 nitrogen and oxygen atoms in total. The quantitative estimate of drug-likeness (QED) is 0.683. The molecule has 0 atom stereocenters. The van der Waals surface area contributed by atoms with Gasteiger partial charge in [-0.2, -0.15) is 0 Å². The Morgan fingerprint density at radius 3 is 2.62 bits per heavy atom. The first-order valence-corrected chi connectivity index (χ1v) is 6.96. The minimum atomic E-state index is -0.177. The average molecular weight is 298 g/mol. The molecule has 2 aromatic rings. The van der Waals surface area contributed by atoms with E-state index < -0.39 is 0 Å². The maximum atomic E-state index is 12.5. The second-order valence-electron chi connectivity index (χ2n) is 4.86. The third-order valence-electron chi connectivity index (χ3n) is 3.28. The smallest absolute Gasteiger partial charge is 0.281 e. The van der Waals surface area contributed by atoms with Crippen LogP contribution in [0.5, 0.6) is 0 Å². The Kier molecular flexibility index (Phi) is 3.35. The van der Waals surface area contributed by atoms with Crippen molar-refractivity contribution in [3.05, 3.63) is 59.2 Å². The molecular formula is C16H14N2O2S. The van der Waals surface area contributed by atoms with Crippen LogP contribution in [-0.4, -0.2) is 11.0 Å². The maximum Gasteiger partial charge on any atom is 0.281 e. The number of rotatable bonds is 2. The van der Waals surface area contributed by atoms with Crippen molar-refractivity contribution in [3.8, 4) is 0 Å². The molecule has 1 N–H and O–H groups in total. The predicted molar refractivity (Wildman–Crippen MR) is 85.8 cm³/mol. The number of aryl methyl sites for hydroxylation is 2. The van der Waals surface area contributed by atoms with Crippen LogP contribution in [-0.2, 0) is 4.79 Å². The first-order chi connectivity index (χ1) is 10.1. The molecule has 0 aliphatic carbocycles. The molecule has 0 unspecified atom stereocenters. The van der Waals surface area contributed by atoms with E-state index in [0.29, 0.717) is 16.6 Å². The molecule has 0 spiro atoms. The van der Waals surface area contributed by atoms with E-state index in [-0.39, 0.29) is 5.91 Å². The number of hydrogen-bond donors (Lipinski definition) is 1. The van der Waals surface area contributed by atoms with Crippen LogP contribution < -0.4 is 10.2 Å². The summed E-state index contributed by atoms with van der Waals surface area (Å²) in [5, 5.41) is 3.32. The average Bonchev–Trinajstić information content (AvgIpc) is 2.96. The molecule has 1 saturated heterocycles. The van der Waals surface area contributed by atoms with Crippen LogP contribution in [0.15, 0.2) is 46.5 Å². The minimum Gasteiger partial charge on any atom is -0.462 e. The third-order valence-corrected chi connectivity index (χ3v) is 3.57. The zero-order valence-electron chi connectivity index (χ0n) is 11.7. The van der Waals surface area contributed by atoms with Gasteiger partial charge in [-0.15, -0.1) is 0 Å². The van der Waals surface area contributed by atoms with Crippen LogP contribution in [0.3, 0.4) is 0 Å². The van der Waals surface area contributed by atoms with Crippen molar-refractivity contribution < 1.29 is 9.21 Å². The van der Waals surface area contributed by atoms with Crippen molar-refractivity contribution in [2.45, 2.75) is 13.8 Å². The molecule has 3 rings (SSSR count). The fourth-order valence-corrected chi connectivity index (χ4v) is 2.53. The van der Waals surface area contributed by atoms with E-state index in [9.17, 15) is 4.79 Å². The number of thiocarbonyl (C=S) groups is 1. The molecule has 1 amide bonds. The molecule has 21 heavy (non-hydrogen) atoms. The molecule has 1 aliphatic rings. The van der Waals surface area contributed by atoms with Gasteiger partial charge >= 0.3 is 0 Å². The van der Waals surface area contributed by atoms with Gasteiger partial charge in [0.2, 0.25) is 0 Å². The van der Waals surface area contributed by atoms with E-state index in [1.54, 1.807) is 6.08 Å². The molecule has 0 bridgehead atoms. The Hall–Kier alpha value is -2.40. The van der Waals surface area contributed by atoms with E-state index in [1.807, 2.05) is 50.2 Å². The number of carbonyl (C=O) groups is 1. The first kappa shape index (κ1) is 13.6. The lowest BCUT2D eigenvalue weighted by Crippen LogP contribution is -2.30. The van der Waals surface area contributed by atoms with Crippen molar-refractivity contribution in [2.75, 3.05) is 4.90 Å². The summed E-state index contributed by atoms with van der Waals surface area (Å²) in [6, 6.07) is 11.3. The van der Waals surface area contributed by atoms with Crippen molar-refractivity contribution >= 4 is 35.0 Å². The van der Waals surface area contributed by atoms with Gasteiger partial charge < -0.3 is 9.73 Å². The highest BCUT2D eigenvalue weighted by atomic mass is 32.1. The lowest BCUT2D eigenvalue weighted by atomic mass is 10.2. The van der Waals surface area contributed by atoms with E-state index in [4.69, 9.17) is 16.6 Å². The summed E-state index contributed by atoms with van der Waals surface area (Å²) in [5.41, 5.74) is 2.20. The maximum absolute atomic E-state index is 12.5. The number of hydrogen-bond acceptors (Lipinski definition) is 3. The van der Waals surface area contributed by atoms with Gasteiger partial charge in [0.05, 0.1) is 5.69 Å². The van der Waals surface area contributed by atoms with E-state index in [0.717, 1.165) is 17.0 Å². The second-order valence-corrected chi connectivity index (χ2v) is 5.25. The Morgan fingerprint density at radius 1 is 1.19 bits per heavy atom. The number of benzene rings is 1. The monoisotopic (exact) mass is 298 g/mol. The molecule has 0 saturated carbocycles. The highest BCUT2D eigenvalue weighted by Crippen LogP contribution is 2.25. The van der Waals surface area contributed by atoms with Gasteiger partial charge in [0, 0.05) is 6.08 Å². The standard InChI is InChI=1S/C16H14N2O2S/c1-10-5-3-4-6-14(10)18-15(19)13(17-16(18)21)9-12-8-7-11(2)20-12/h3-9H,1-2H3,(H,17,21)/b13-9+. The van der Waals surface area contributed by atoms with Crippen LogP contribution in [0.25, 0.3) is 6.08 Å². The summed E-state index contributed by atoms with van der Waals surface area (Å²) in [4.78, 5) is 14.1. The van der Waals surface area contributed by atoms with E-state index >= 15 is 0 Å². The predicted octanol–water partition coefficient (Wildman–Crippen LogP) is 3.16. The highest BCUT2D eigenvalue weighted by molar-refractivity contribution is 7.80. The van der Waals surface area contributed by atoms with Gasteiger partial charge in [-0.25, -0.2) is 0 Å². The van der Waals surface area contributed by atoms with Crippen molar-refractivity contribution in [3.63, 3.8) is 0 Å². The van der Waals surface area contributed by atoms with Gasteiger partial charge in [-0.3, -0.25) is 9.69 Å². The van der Waals surface area contributed by atoms with Gasteiger partial charge in [-0.05, 0) is 49.8 Å². The Balaban J connectivity index is 1.96. The number of carbonyl (C=O) groups excluding carboxylic acids is 1. The van der Waals surface area contributed by atoms with E-state index in [2.05, 4.69) is 5.32 Å². The number of nitrogens with one attached hydrogen (secondary N) is 1. The summed E-state index contributed by atoms with van der Waals surface area (Å²) in [7, 11) is 0. The molecular weight excluding hydrogens is 284 g/mol. The molecule has 2 heterocycles. The number of amides is 1. The number of nitrogens with zero attached hydrogens (tertiary/aromatic N) is 1. The summed E-state index contributed by atoms with van der Waals surface area (Å²) >= 11 is 5.28. The number of para-hydroxylation sites is 1. The largest absolute Gasteiger partial charge is 0.462 e. The lowest BCUT2D eigenvalue weighted by molar-refractivity contribution is -0.113. The third kappa shape index (κ3) is 2.48. The molecule has 1 fully saturated rings. The Morgan fingerprint density at radius 2 is 1.95 bits per heavy atom. The molecule has 0 radical (unpaired) electrons. The van der Waals surface area contributed by atoms with Crippen molar-refractivity contribution in [1.82, 2.24) is 5.32 Å². The second kappa shape index (κ2) is 5.18. The lowest BCUT2D eigenvalue weighted by Gasteiger charge is -2.16. The Bertz CT molecular complexity index is 761. The van der Waals surface area contributed by atoms with Crippen molar-refractivity contribution in [2.24, 2.45) is 0 Å². The van der Waals surface area contributed by atoms with Crippen LogP contribution in [0.1, 0.15) is 17.1 Å². The summed E-state index contributed by atoms with van der Waals surface area (Å²) < 4.78 is 5.46. The molecule has 106 valence electrons. The van der Waals surface area contributed by atoms with Crippen molar-refractivity contribution in [1.29, 1.82) is 0 Å².